The van der Waals surface area contributed by atoms with Gasteiger partial charge < -0.3 is 15.0 Å². The quantitative estimate of drug-likeness (QED) is 0.650. The normalized spacial score (nSPS) is 26.4. The third-order valence-electron chi connectivity index (χ3n) is 3.31. The average Bonchev–Trinajstić information content (AvgIpc) is 2.67. The van der Waals surface area contributed by atoms with Gasteiger partial charge in [0.25, 0.3) is 0 Å². The Bertz CT molecular complexity index is 164. The van der Waals surface area contributed by atoms with Crippen molar-refractivity contribution in [3.63, 3.8) is 0 Å². The first-order valence-electron chi connectivity index (χ1n) is 6.29. The monoisotopic (exact) mass is 214 g/mol. The Balaban J connectivity index is 2.15. The minimum atomic E-state index is 0.745. The van der Waals surface area contributed by atoms with Crippen LogP contribution in [0.1, 0.15) is 33.1 Å². The van der Waals surface area contributed by atoms with Crippen molar-refractivity contribution in [3.8, 4) is 0 Å². The Hall–Kier alpha value is -0.120. The second kappa shape index (κ2) is 7.20. The van der Waals surface area contributed by atoms with E-state index in [0.717, 1.165) is 38.4 Å². The molecule has 1 saturated carbocycles. The Morgan fingerprint density at radius 3 is 2.80 bits per heavy atom. The number of nitrogens with zero attached hydrogens (tertiary/aromatic N) is 1. The average molecular weight is 214 g/mol. The third kappa shape index (κ3) is 4.49. The first kappa shape index (κ1) is 12.9. The molecule has 0 amide bonds. The second-order valence-electron chi connectivity index (χ2n) is 4.40. The number of hydrogen-bond donors (Lipinski definition) is 1. The maximum atomic E-state index is 5.38. The van der Waals surface area contributed by atoms with Crippen molar-refractivity contribution < 1.29 is 4.74 Å². The van der Waals surface area contributed by atoms with Crippen LogP contribution in [0.5, 0.6) is 0 Å². The van der Waals surface area contributed by atoms with Crippen LogP contribution in [0, 0.1) is 0 Å². The minimum absolute atomic E-state index is 0.745. The molecule has 1 aliphatic carbocycles. The van der Waals surface area contributed by atoms with E-state index in [1.165, 1.54) is 19.3 Å². The van der Waals surface area contributed by atoms with Crippen LogP contribution in [0.25, 0.3) is 0 Å². The molecule has 0 aromatic heterocycles. The lowest BCUT2D eigenvalue weighted by Crippen LogP contribution is -2.34. The highest BCUT2D eigenvalue weighted by Crippen LogP contribution is 2.22. The molecule has 0 bridgehead atoms. The van der Waals surface area contributed by atoms with Gasteiger partial charge in [0.1, 0.15) is 0 Å². The SMILES string of the molecule is CCNC1CCC(N(C)CCOCC)C1. The molecule has 0 radical (unpaired) electrons. The van der Waals surface area contributed by atoms with Crippen LogP contribution >= 0.6 is 0 Å². The second-order valence-corrected chi connectivity index (χ2v) is 4.40. The summed E-state index contributed by atoms with van der Waals surface area (Å²) >= 11 is 0. The lowest BCUT2D eigenvalue weighted by molar-refractivity contribution is 0.107. The van der Waals surface area contributed by atoms with Crippen molar-refractivity contribution >= 4 is 0 Å². The van der Waals surface area contributed by atoms with E-state index in [4.69, 9.17) is 4.74 Å². The zero-order chi connectivity index (χ0) is 11.1. The van der Waals surface area contributed by atoms with E-state index in [0.29, 0.717) is 0 Å². The summed E-state index contributed by atoms with van der Waals surface area (Å²) in [6.07, 6.45) is 3.97. The summed E-state index contributed by atoms with van der Waals surface area (Å²) in [6, 6.07) is 1.50. The maximum Gasteiger partial charge on any atom is 0.0593 e. The van der Waals surface area contributed by atoms with Crippen molar-refractivity contribution in [2.45, 2.75) is 45.2 Å². The third-order valence-corrected chi connectivity index (χ3v) is 3.31. The van der Waals surface area contributed by atoms with Crippen LogP contribution < -0.4 is 5.32 Å². The van der Waals surface area contributed by atoms with Gasteiger partial charge in [-0.1, -0.05) is 6.92 Å². The predicted octanol–water partition coefficient (Wildman–Crippen LogP) is 1.49. The van der Waals surface area contributed by atoms with Crippen molar-refractivity contribution in [2.75, 3.05) is 33.4 Å². The topological polar surface area (TPSA) is 24.5 Å². The summed E-state index contributed by atoms with van der Waals surface area (Å²) in [5, 5.41) is 3.54. The molecule has 2 unspecified atom stereocenters. The van der Waals surface area contributed by atoms with Gasteiger partial charge in [0.2, 0.25) is 0 Å². The number of nitrogens with one attached hydrogen (secondary N) is 1. The summed E-state index contributed by atoms with van der Waals surface area (Å²) in [6.45, 7) is 8.11. The van der Waals surface area contributed by atoms with Gasteiger partial charge in [0, 0.05) is 25.2 Å². The molecule has 1 aliphatic rings. The Labute approximate surface area is 94.2 Å². The number of likely N-dealkylation sites (N-methyl/N-ethyl adjacent to an activating group) is 1. The van der Waals surface area contributed by atoms with E-state index in [2.05, 4.69) is 31.1 Å². The molecule has 15 heavy (non-hydrogen) atoms. The molecule has 0 aliphatic heterocycles. The fourth-order valence-electron chi connectivity index (χ4n) is 2.37. The van der Waals surface area contributed by atoms with Gasteiger partial charge in [-0.3, -0.25) is 0 Å². The van der Waals surface area contributed by atoms with Crippen LogP contribution in [-0.2, 0) is 4.74 Å². The molecule has 3 heteroatoms. The fourth-order valence-corrected chi connectivity index (χ4v) is 2.37. The zero-order valence-electron chi connectivity index (χ0n) is 10.5. The Kier molecular flexibility index (Phi) is 6.22. The molecule has 1 fully saturated rings. The Morgan fingerprint density at radius 2 is 2.13 bits per heavy atom. The van der Waals surface area contributed by atoms with Crippen LogP contribution in [0.15, 0.2) is 0 Å². The van der Waals surface area contributed by atoms with E-state index in [9.17, 15) is 0 Å². The van der Waals surface area contributed by atoms with Crippen molar-refractivity contribution in [1.29, 1.82) is 0 Å². The highest BCUT2D eigenvalue weighted by atomic mass is 16.5. The van der Waals surface area contributed by atoms with Gasteiger partial charge >= 0.3 is 0 Å². The molecular formula is C12H26N2O. The van der Waals surface area contributed by atoms with Crippen LogP contribution in [0.2, 0.25) is 0 Å². The van der Waals surface area contributed by atoms with E-state index in [-0.39, 0.29) is 0 Å². The summed E-state index contributed by atoms with van der Waals surface area (Å²) in [5.41, 5.74) is 0. The van der Waals surface area contributed by atoms with Gasteiger partial charge in [-0.05, 0) is 39.8 Å². The number of ether oxygens (including phenoxy) is 1. The van der Waals surface area contributed by atoms with E-state index < -0.39 is 0 Å². The molecule has 0 aromatic carbocycles. The van der Waals surface area contributed by atoms with Crippen LogP contribution in [0.3, 0.4) is 0 Å². The largest absolute Gasteiger partial charge is 0.380 e. The zero-order valence-corrected chi connectivity index (χ0v) is 10.5. The number of hydrogen-bond acceptors (Lipinski definition) is 3. The molecule has 0 saturated heterocycles. The predicted molar refractivity (Wildman–Crippen MR) is 64.2 cm³/mol. The smallest absolute Gasteiger partial charge is 0.0593 e. The van der Waals surface area contributed by atoms with E-state index in [1.807, 2.05) is 0 Å². The van der Waals surface area contributed by atoms with E-state index >= 15 is 0 Å². The molecule has 0 spiro atoms. The summed E-state index contributed by atoms with van der Waals surface area (Å²) in [4.78, 5) is 2.45. The molecule has 0 heterocycles. The summed E-state index contributed by atoms with van der Waals surface area (Å²) in [5.74, 6) is 0. The minimum Gasteiger partial charge on any atom is -0.380 e. The molecule has 0 aromatic rings. The summed E-state index contributed by atoms with van der Waals surface area (Å²) < 4.78 is 5.38. The van der Waals surface area contributed by atoms with Crippen LogP contribution in [0.4, 0.5) is 0 Å². The van der Waals surface area contributed by atoms with Gasteiger partial charge in [0.15, 0.2) is 0 Å². The van der Waals surface area contributed by atoms with Gasteiger partial charge in [-0.25, -0.2) is 0 Å². The molecule has 90 valence electrons. The first-order valence-corrected chi connectivity index (χ1v) is 6.29. The molecule has 2 atom stereocenters. The first-order chi connectivity index (χ1) is 7.27. The maximum absolute atomic E-state index is 5.38. The van der Waals surface area contributed by atoms with Crippen LogP contribution in [-0.4, -0.2) is 50.3 Å². The van der Waals surface area contributed by atoms with Crippen molar-refractivity contribution in [1.82, 2.24) is 10.2 Å². The van der Waals surface area contributed by atoms with Crippen molar-refractivity contribution in [2.24, 2.45) is 0 Å². The Morgan fingerprint density at radius 1 is 1.33 bits per heavy atom. The molecule has 3 nitrogen and oxygen atoms in total. The lowest BCUT2D eigenvalue weighted by atomic mass is 10.2. The molecular weight excluding hydrogens is 188 g/mol. The molecule has 1 N–H and O–H groups in total. The highest BCUT2D eigenvalue weighted by molar-refractivity contribution is 4.85. The number of rotatable bonds is 7. The van der Waals surface area contributed by atoms with Crippen molar-refractivity contribution in [3.05, 3.63) is 0 Å². The summed E-state index contributed by atoms with van der Waals surface area (Å²) in [7, 11) is 2.22. The fraction of sp³-hybridized carbons (Fsp3) is 1.00. The van der Waals surface area contributed by atoms with Gasteiger partial charge in [-0.2, -0.15) is 0 Å². The lowest BCUT2D eigenvalue weighted by Gasteiger charge is -2.24. The standard InChI is InChI=1S/C12H26N2O/c1-4-13-11-6-7-12(10-11)14(3)8-9-15-5-2/h11-13H,4-10H2,1-3H3. The van der Waals surface area contributed by atoms with Gasteiger partial charge in [-0.15, -0.1) is 0 Å². The highest BCUT2D eigenvalue weighted by Gasteiger charge is 2.26. The van der Waals surface area contributed by atoms with Gasteiger partial charge in [0.05, 0.1) is 6.61 Å². The molecule has 1 rings (SSSR count). The van der Waals surface area contributed by atoms with E-state index in [1.54, 1.807) is 0 Å².